The Labute approximate surface area is 219 Å². The number of alkyl halides is 1. The maximum atomic E-state index is 15.2. The van der Waals surface area contributed by atoms with E-state index in [-0.39, 0.29) is 6.42 Å². The third-order valence-electron chi connectivity index (χ3n) is 5.76. The molecule has 1 aromatic heterocycles. The van der Waals surface area contributed by atoms with Crippen molar-refractivity contribution >= 4 is 19.5 Å². The van der Waals surface area contributed by atoms with E-state index in [0.717, 1.165) is 16.8 Å². The number of carbonyl (C=O) groups excluding carboxylic acids is 2. The lowest BCUT2D eigenvalue weighted by Gasteiger charge is -2.33. The van der Waals surface area contributed by atoms with Gasteiger partial charge in [0.2, 0.25) is 13.6 Å². The molecule has 0 spiro atoms. The molecule has 0 radical (unpaired) electrons. The summed E-state index contributed by atoms with van der Waals surface area (Å²) in [7, 11) is -4.42. The van der Waals surface area contributed by atoms with Crippen LogP contribution in [0.4, 0.5) is 4.39 Å². The molecule has 0 unspecified atom stereocenters. The summed E-state index contributed by atoms with van der Waals surface area (Å²) in [5.74, 6) is -1.35. The first kappa shape index (κ1) is 31.8. The molecule has 15 heteroatoms. The minimum atomic E-state index is -4.42. The van der Waals surface area contributed by atoms with Crippen LogP contribution in [0.25, 0.3) is 0 Å². The predicted octanol–water partition coefficient (Wildman–Crippen LogP) is 2.23. The molecule has 38 heavy (non-hydrogen) atoms. The summed E-state index contributed by atoms with van der Waals surface area (Å²) in [6.07, 6.45) is -5.65. The van der Waals surface area contributed by atoms with Crippen LogP contribution in [-0.2, 0) is 37.4 Å². The van der Waals surface area contributed by atoms with Crippen molar-refractivity contribution < 1.29 is 46.9 Å². The Bertz CT molecular complexity index is 1130. The summed E-state index contributed by atoms with van der Waals surface area (Å²) < 4.78 is 56.1. The molecule has 0 saturated carbocycles. The van der Waals surface area contributed by atoms with Gasteiger partial charge < -0.3 is 19.3 Å². The Kier molecular flexibility index (Phi) is 9.87. The molecule has 2 rings (SSSR count). The van der Waals surface area contributed by atoms with Gasteiger partial charge in [-0.3, -0.25) is 37.5 Å². The SMILES string of the molecule is CC[C@]1(CP(=O)(OCOC(=O)C(C)(C)C)OCOC(=O)C(C)(C)C)O[C@@H](n2ccc(=O)[nH]c2=O)[C@H](F)[C@@H]1O. The fraction of sp³-hybridized carbons (Fsp3) is 0.739. The van der Waals surface area contributed by atoms with Crippen LogP contribution >= 0.6 is 7.60 Å². The van der Waals surface area contributed by atoms with E-state index >= 15 is 4.39 Å². The van der Waals surface area contributed by atoms with E-state index in [0.29, 0.717) is 0 Å². The molecule has 2 N–H and O–H groups in total. The van der Waals surface area contributed by atoms with Gasteiger partial charge in [0.05, 0.1) is 17.0 Å². The minimum absolute atomic E-state index is 0.122. The Morgan fingerprint density at radius 1 is 1.11 bits per heavy atom. The maximum Gasteiger partial charge on any atom is 0.339 e. The number of nitrogens with one attached hydrogen (secondary N) is 1. The topological polar surface area (TPSA) is 172 Å². The van der Waals surface area contributed by atoms with Gasteiger partial charge in [-0.15, -0.1) is 0 Å². The number of halogens is 1. The number of hydrogen-bond donors (Lipinski definition) is 2. The zero-order valence-corrected chi connectivity index (χ0v) is 23.4. The zero-order chi connectivity index (χ0) is 29.1. The molecule has 1 aromatic rings. The van der Waals surface area contributed by atoms with Gasteiger partial charge >= 0.3 is 25.2 Å². The lowest BCUT2D eigenvalue weighted by atomic mass is 9.95. The van der Waals surface area contributed by atoms with Crippen LogP contribution in [0.1, 0.15) is 61.1 Å². The molecule has 0 aliphatic carbocycles. The minimum Gasteiger partial charge on any atom is -0.438 e. The number of hydrogen-bond acceptors (Lipinski definition) is 11. The first-order valence-electron chi connectivity index (χ1n) is 11.9. The number of carbonyl (C=O) groups is 2. The molecule has 0 amide bonds. The number of aliphatic hydroxyl groups is 1. The van der Waals surface area contributed by atoms with Crippen molar-refractivity contribution in [3.8, 4) is 0 Å². The monoisotopic (exact) mass is 566 g/mol. The van der Waals surface area contributed by atoms with E-state index in [1.165, 1.54) is 6.92 Å². The number of aliphatic hydroxyl groups excluding tert-OH is 1. The Balaban J connectivity index is 2.32. The molecular formula is C23H36FN2O11P. The second kappa shape index (κ2) is 11.8. The average molecular weight is 567 g/mol. The summed E-state index contributed by atoms with van der Waals surface area (Å²) in [6, 6.07) is 0.972. The average Bonchev–Trinajstić information content (AvgIpc) is 3.03. The predicted molar refractivity (Wildman–Crippen MR) is 131 cm³/mol. The standard InChI is InChI=1S/C23H36FN2O11P/c1-8-23(16(28)15(24)17(37-23)26-10-9-14(27)25-20(26)31)11-38(32,35-12-33-18(29)21(2,3)4)36-13-34-19(30)22(5,6)7/h9-10,15-17,28H,8,11-13H2,1-7H3,(H,25,27,31)/t15-,16+,17-,23-/m1/s1. The van der Waals surface area contributed by atoms with Crippen LogP contribution < -0.4 is 11.2 Å². The normalized spacial score (nSPS) is 24.3. The van der Waals surface area contributed by atoms with Crippen LogP contribution in [0.3, 0.4) is 0 Å². The van der Waals surface area contributed by atoms with Gasteiger partial charge in [0.15, 0.2) is 12.4 Å². The van der Waals surface area contributed by atoms with Gasteiger partial charge in [-0.05, 0) is 48.0 Å². The highest BCUT2D eigenvalue weighted by molar-refractivity contribution is 7.53. The molecule has 1 fully saturated rings. The smallest absolute Gasteiger partial charge is 0.339 e. The van der Waals surface area contributed by atoms with Gasteiger partial charge in [0.1, 0.15) is 11.7 Å². The Morgan fingerprint density at radius 3 is 2.03 bits per heavy atom. The summed E-state index contributed by atoms with van der Waals surface area (Å²) >= 11 is 0. The third kappa shape index (κ3) is 7.60. The van der Waals surface area contributed by atoms with Crippen molar-refractivity contribution in [3.05, 3.63) is 33.1 Å². The van der Waals surface area contributed by atoms with Gasteiger partial charge in [-0.25, -0.2) is 9.18 Å². The quantitative estimate of drug-likeness (QED) is 0.242. The second-order valence-electron chi connectivity index (χ2n) is 11.0. The highest BCUT2D eigenvalue weighted by Crippen LogP contribution is 2.55. The van der Waals surface area contributed by atoms with Crippen molar-refractivity contribution in [2.45, 2.75) is 79.0 Å². The molecule has 0 bridgehead atoms. The zero-order valence-electron chi connectivity index (χ0n) is 22.5. The van der Waals surface area contributed by atoms with E-state index < -0.39 is 85.5 Å². The molecular weight excluding hydrogens is 530 g/mol. The number of aromatic amines is 1. The second-order valence-corrected chi connectivity index (χ2v) is 13.0. The van der Waals surface area contributed by atoms with E-state index in [4.69, 9.17) is 23.3 Å². The van der Waals surface area contributed by atoms with Crippen molar-refractivity contribution in [3.63, 3.8) is 0 Å². The molecule has 1 aliphatic heterocycles. The molecule has 216 valence electrons. The molecule has 1 aliphatic rings. The number of aromatic nitrogens is 2. The lowest BCUT2D eigenvalue weighted by molar-refractivity contribution is -0.162. The number of nitrogens with zero attached hydrogens (tertiary/aromatic N) is 1. The van der Waals surface area contributed by atoms with Gasteiger partial charge in [-0.1, -0.05) is 6.92 Å². The van der Waals surface area contributed by atoms with E-state index in [2.05, 4.69) is 0 Å². The fourth-order valence-electron chi connectivity index (χ4n) is 3.40. The lowest BCUT2D eigenvalue weighted by Crippen LogP contribution is -2.45. The van der Waals surface area contributed by atoms with Crippen LogP contribution in [0.15, 0.2) is 21.9 Å². The van der Waals surface area contributed by atoms with Crippen LogP contribution in [0.5, 0.6) is 0 Å². The number of rotatable bonds is 10. The van der Waals surface area contributed by atoms with Crippen LogP contribution in [-0.4, -0.2) is 64.2 Å². The molecule has 1 saturated heterocycles. The molecule has 13 nitrogen and oxygen atoms in total. The number of esters is 2. The highest BCUT2D eigenvalue weighted by Gasteiger charge is 2.58. The summed E-state index contributed by atoms with van der Waals surface area (Å²) in [6.45, 7) is 9.41. The Morgan fingerprint density at radius 2 is 1.61 bits per heavy atom. The molecule has 4 atom stereocenters. The van der Waals surface area contributed by atoms with Crippen LogP contribution in [0.2, 0.25) is 0 Å². The van der Waals surface area contributed by atoms with Gasteiger partial charge in [0.25, 0.3) is 5.56 Å². The Hall–Kier alpha value is -2.38. The van der Waals surface area contributed by atoms with Gasteiger partial charge in [-0.2, -0.15) is 0 Å². The van der Waals surface area contributed by atoms with Crippen molar-refractivity contribution in [2.24, 2.45) is 10.8 Å². The van der Waals surface area contributed by atoms with E-state index in [9.17, 15) is 28.8 Å². The van der Waals surface area contributed by atoms with Crippen molar-refractivity contribution in [1.29, 1.82) is 0 Å². The van der Waals surface area contributed by atoms with Crippen molar-refractivity contribution in [1.82, 2.24) is 9.55 Å². The fourth-order valence-corrected chi connectivity index (χ4v) is 5.23. The summed E-state index contributed by atoms with van der Waals surface area (Å²) in [5.41, 5.74) is -5.41. The molecule has 0 aromatic carbocycles. The third-order valence-corrected chi connectivity index (χ3v) is 7.68. The number of ether oxygens (including phenoxy) is 3. The number of H-pyrrole nitrogens is 1. The van der Waals surface area contributed by atoms with Crippen LogP contribution in [0, 0.1) is 10.8 Å². The molecule has 2 heterocycles. The van der Waals surface area contributed by atoms with Crippen molar-refractivity contribution in [2.75, 3.05) is 19.7 Å². The summed E-state index contributed by atoms with van der Waals surface area (Å²) in [5, 5.41) is 10.8. The first-order chi connectivity index (χ1) is 17.3. The largest absolute Gasteiger partial charge is 0.438 e. The summed E-state index contributed by atoms with van der Waals surface area (Å²) in [4.78, 5) is 49.8. The van der Waals surface area contributed by atoms with Gasteiger partial charge in [0, 0.05) is 12.3 Å². The maximum absolute atomic E-state index is 15.2. The first-order valence-corrected chi connectivity index (χ1v) is 13.6. The highest BCUT2D eigenvalue weighted by atomic mass is 31.2. The van der Waals surface area contributed by atoms with E-state index in [1.807, 2.05) is 4.98 Å². The van der Waals surface area contributed by atoms with E-state index in [1.54, 1.807) is 41.5 Å².